The Bertz CT molecular complexity index is 2250. The van der Waals surface area contributed by atoms with Crippen LogP contribution in [-0.4, -0.2) is 87.7 Å². The van der Waals surface area contributed by atoms with E-state index in [0.29, 0.717) is 31.7 Å². The molecule has 1 saturated heterocycles. The number of hydrogen-bond acceptors (Lipinski definition) is 11. The molecular weight excluding hydrogens is 708 g/mol. The third-order valence-electron chi connectivity index (χ3n) is 9.46. The van der Waals surface area contributed by atoms with Crippen molar-refractivity contribution in [2.24, 2.45) is 0 Å². The van der Waals surface area contributed by atoms with E-state index >= 15 is 8.78 Å². The van der Waals surface area contributed by atoms with Crippen LogP contribution < -0.4 is 9.80 Å². The molecule has 4 aromatic heterocycles. The van der Waals surface area contributed by atoms with Gasteiger partial charge in [-0.2, -0.15) is 22.0 Å². The van der Waals surface area contributed by atoms with Crippen molar-refractivity contribution in [2.75, 3.05) is 36.0 Å². The molecular formula is C34H27F6N11O2. The van der Waals surface area contributed by atoms with Crippen LogP contribution in [0.3, 0.4) is 0 Å². The van der Waals surface area contributed by atoms with Crippen molar-refractivity contribution in [3.63, 3.8) is 0 Å². The van der Waals surface area contributed by atoms with Gasteiger partial charge in [0.05, 0.1) is 24.6 Å². The van der Waals surface area contributed by atoms with E-state index < -0.39 is 47.6 Å². The third kappa shape index (κ3) is 6.00. The number of pyridine rings is 2. The Balaban J connectivity index is 0.911. The lowest BCUT2D eigenvalue weighted by Gasteiger charge is -2.39. The summed E-state index contributed by atoms with van der Waals surface area (Å²) in [6.07, 6.45) is -3.72. The molecule has 19 heteroatoms. The van der Waals surface area contributed by atoms with Crippen LogP contribution >= 0.6 is 0 Å². The van der Waals surface area contributed by atoms with Gasteiger partial charge < -0.3 is 20.0 Å². The number of halogens is 6. The minimum absolute atomic E-state index is 0.0363. The van der Waals surface area contributed by atoms with E-state index in [1.54, 1.807) is 18.3 Å². The van der Waals surface area contributed by atoms with E-state index in [9.17, 15) is 27.8 Å². The molecule has 2 N–H and O–H groups in total. The molecule has 2 aliphatic rings. The predicted molar refractivity (Wildman–Crippen MR) is 175 cm³/mol. The quantitative estimate of drug-likeness (QED) is 0.225. The number of fused-ring (bicyclic) bond motifs is 3. The van der Waals surface area contributed by atoms with Gasteiger partial charge in [-0.15, -0.1) is 10.2 Å². The number of rotatable bonds is 7. The lowest BCUT2D eigenvalue weighted by Crippen LogP contribution is -2.49. The highest BCUT2D eigenvalue weighted by Crippen LogP contribution is 2.50. The lowest BCUT2D eigenvalue weighted by molar-refractivity contribution is -0.208. The van der Waals surface area contributed by atoms with E-state index in [-0.39, 0.29) is 22.8 Å². The average molecular weight is 736 g/mol. The van der Waals surface area contributed by atoms with E-state index in [2.05, 4.69) is 45.6 Å². The maximum absolute atomic E-state index is 16.1. The topological polar surface area (TPSA) is 147 Å². The molecule has 8 rings (SSSR count). The largest absolute Gasteiger partial charge is 0.420 e. The Hall–Kier alpha value is -5.95. The molecule has 2 atom stereocenters. The van der Waals surface area contributed by atoms with Crippen LogP contribution in [0, 0.1) is 5.82 Å². The first-order valence-corrected chi connectivity index (χ1v) is 16.2. The standard InChI is InChI=1S/C34H27F6N11O2/c35-22-4-8-26-25(15-22)31-44-45-47-51(31)19-32(26,53)33(36,37)28-9-3-21(16-41-28)20-1-5-23(6-2-20)48-11-13-49(14-12-48)24-7-10-29(42-17-24)50-18-27(43-46-50)30(52)34(38,39)40/h1-10,15-18,30,52-53H,11-14,19H2/t30?,32-/m0/s1. The monoisotopic (exact) mass is 735 g/mol. The summed E-state index contributed by atoms with van der Waals surface area (Å²) in [5.41, 5.74) is -1.27. The average Bonchev–Trinajstić information content (AvgIpc) is 3.85. The molecule has 0 aliphatic carbocycles. The van der Waals surface area contributed by atoms with E-state index in [4.69, 9.17) is 0 Å². The normalized spacial score (nSPS) is 18.1. The molecule has 1 unspecified atom stereocenters. The third-order valence-corrected chi connectivity index (χ3v) is 9.46. The Morgan fingerprint density at radius 2 is 1.45 bits per heavy atom. The zero-order chi connectivity index (χ0) is 37.1. The predicted octanol–water partition coefficient (Wildman–Crippen LogP) is 4.43. The fourth-order valence-corrected chi connectivity index (χ4v) is 6.57. The van der Waals surface area contributed by atoms with Gasteiger partial charge in [0, 0.05) is 54.8 Å². The summed E-state index contributed by atoms with van der Waals surface area (Å²) in [4.78, 5) is 12.7. The van der Waals surface area contributed by atoms with Crippen molar-refractivity contribution in [1.82, 2.24) is 45.2 Å². The first kappa shape index (κ1) is 34.2. The zero-order valence-electron chi connectivity index (χ0n) is 27.3. The second kappa shape index (κ2) is 12.6. The van der Waals surface area contributed by atoms with Crippen LogP contribution in [0.4, 0.5) is 37.7 Å². The number of aromatic nitrogens is 9. The first-order chi connectivity index (χ1) is 25.3. The van der Waals surface area contributed by atoms with Crippen LogP contribution in [0.5, 0.6) is 0 Å². The molecule has 1 fully saturated rings. The minimum atomic E-state index is -4.86. The summed E-state index contributed by atoms with van der Waals surface area (Å²) in [6.45, 7) is 2.01. The Morgan fingerprint density at radius 1 is 0.755 bits per heavy atom. The Kier molecular flexibility index (Phi) is 8.13. The van der Waals surface area contributed by atoms with Crippen LogP contribution in [0.1, 0.15) is 23.1 Å². The van der Waals surface area contributed by atoms with Crippen molar-refractivity contribution in [3.8, 4) is 28.3 Å². The fraction of sp³-hybridized carbons (Fsp3) is 0.265. The summed E-state index contributed by atoms with van der Waals surface area (Å²) >= 11 is 0. The zero-order valence-corrected chi connectivity index (χ0v) is 27.3. The van der Waals surface area contributed by atoms with Crippen LogP contribution in [-0.2, 0) is 18.1 Å². The lowest BCUT2D eigenvalue weighted by atomic mass is 9.80. The maximum atomic E-state index is 16.1. The molecule has 0 radical (unpaired) electrons. The number of hydrogen-bond donors (Lipinski definition) is 2. The van der Waals surface area contributed by atoms with Gasteiger partial charge in [0.15, 0.2) is 23.3 Å². The van der Waals surface area contributed by atoms with Crippen LogP contribution in [0.15, 0.2) is 85.3 Å². The summed E-state index contributed by atoms with van der Waals surface area (Å²) in [6, 6.07) is 16.7. The van der Waals surface area contributed by atoms with Gasteiger partial charge in [0.1, 0.15) is 17.2 Å². The van der Waals surface area contributed by atoms with Crippen LogP contribution in [0.2, 0.25) is 0 Å². The Morgan fingerprint density at radius 3 is 2.11 bits per heavy atom. The molecule has 0 saturated carbocycles. The smallest absolute Gasteiger partial charge is 0.378 e. The fourth-order valence-electron chi connectivity index (χ4n) is 6.57. The van der Waals surface area contributed by atoms with Gasteiger partial charge >= 0.3 is 12.1 Å². The number of benzene rings is 2. The molecule has 0 spiro atoms. The van der Waals surface area contributed by atoms with Gasteiger partial charge in [-0.3, -0.25) is 4.98 Å². The summed E-state index contributed by atoms with van der Waals surface area (Å²) < 4.78 is 86.8. The van der Waals surface area contributed by atoms with Crippen molar-refractivity contribution >= 4 is 11.4 Å². The van der Waals surface area contributed by atoms with Gasteiger partial charge in [-0.1, -0.05) is 29.5 Å². The van der Waals surface area contributed by atoms with Crippen molar-refractivity contribution in [1.29, 1.82) is 0 Å². The van der Waals surface area contributed by atoms with Crippen molar-refractivity contribution in [2.45, 2.75) is 30.3 Å². The van der Waals surface area contributed by atoms with Gasteiger partial charge in [0.2, 0.25) is 0 Å². The molecule has 53 heavy (non-hydrogen) atoms. The molecule has 0 amide bonds. The molecule has 6 heterocycles. The molecule has 2 aliphatic heterocycles. The SMILES string of the molecule is OC(c1cn(-c2ccc(N3CCN(c4ccc(-c5ccc(C(F)(F)[C@]6(O)Cn7nnnc7-c7cc(F)ccc76)nc5)cc4)CC3)cn2)nn1)C(F)(F)F. The second-order valence-electron chi connectivity index (χ2n) is 12.6. The number of anilines is 2. The molecule has 6 aromatic rings. The first-order valence-electron chi connectivity index (χ1n) is 16.2. The van der Waals surface area contributed by atoms with E-state index in [1.807, 2.05) is 24.3 Å². The van der Waals surface area contributed by atoms with Gasteiger partial charge in [-0.05, 0) is 58.5 Å². The summed E-state index contributed by atoms with van der Waals surface area (Å²) in [5, 5.41) is 39.0. The highest BCUT2D eigenvalue weighted by Gasteiger charge is 2.59. The number of tetrazole rings is 1. The molecule has 0 bridgehead atoms. The summed E-state index contributed by atoms with van der Waals surface area (Å²) in [5.74, 6) is -4.28. The van der Waals surface area contributed by atoms with Crippen molar-refractivity contribution in [3.05, 3.63) is 108 Å². The van der Waals surface area contributed by atoms with Crippen molar-refractivity contribution < 1.29 is 36.6 Å². The number of aliphatic hydroxyl groups is 2. The number of piperazine rings is 1. The minimum Gasteiger partial charge on any atom is -0.378 e. The molecule has 13 nitrogen and oxygen atoms in total. The van der Waals surface area contributed by atoms with Crippen LogP contribution in [0.25, 0.3) is 28.3 Å². The van der Waals surface area contributed by atoms with E-state index in [1.165, 1.54) is 12.3 Å². The summed E-state index contributed by atoms with van der Waals surface area (Å²) in [7, 11) is 0. The maximum Gasteiger partial charge on any atom is 0.420 e. The molecule has 272 valence electrons. The van der Waals surface area contributed by atoms with Gasteiger partial charge in [0.25, 0.3) is 0 Å². The van der Waals surface area contributed by atoms with E-state index in [0.717, 1.165) is 56.8 Å². The molecule has 2 aromatic carbocycles. The highest BCUT2D eigenvalue weighted by molar-refractivity contribution is 5.67. The number of nitrogens with zero attached hydrogens (tertiary/aromatic N) is 11. The second-order valence-corrected chi connectivity index (χ2v) is 12.6. The Labute approximate surface area is 295 Å². The number of aliphatic hydroxyl groups excluding tert-OH is 1. The van der Waals surface area contributed by atoms with Gasteiger partial charge in [-0.25, -0.2) is 18.7 Å². The number of alkyl halides is 5. The highest BCUT2D eigenvalue weighted by atomic mass is 19.4.